The minimum atomic E-state index is -1.02. The van der Waals surface area contributed by atoms with Crippen LogP contribution in [0.4, 0.5) is 0 Å². The first-order valence-electron chi connectivity index (χ1n) is 6.06. The molecular formula is C14H16O3. The number of carbonyl (C=O) groups excluding carboxylic acids is 1. The molecule has 1 aromatic rings. The minimum Gasteiger partial charge on any atom is -0.478 e. The molecule has 3 heteroatoms. The van der Waals surface area contributed by atoms with E-state index in [2.05, 4.69) is 0 Å². The molecule has 2 rings (SSSR count). The monoisotopic (exact) mass is 232 g/mol. The number of ketones is 1. The molecular weight excluding hydrogens is 216 g/mol. The van der Waals surface area contributed by atoms with Crippen LogP contribution in [0.1, 0.15) is 52.8 Å². The lowest BCUT2D eigenvalue weighted by Gasteiger charge is -2.20. The lowest BCUT2D eigenvalue weighted by Crippen LogP contribution is -2.20. The van der Waals surface area contributed by atoms with Gasteiger partial charge in [-0.1, -0.05) is 37.5 Å². The molecule has 0 spiro atoms. The Morgan fingerprint density at radius 3 is 2.18 bits per heavy atom. The Morgan fingerprint density at radius 2 is 1.59 bits per heavy atom. The van der Waals surface area contributed by atoms with Crippen molar-refractivity contribution in [1.82, 2.24) is 0 Å². The Balaban J connectivity index is 2.26. The number of hydrogen-bond acceptors (Lipinski definition) is 2. The highest BCUT2D eigenvalue weighted by Crippen LogP contribution is 2.27. The third-order valence-corrected chi connectivity index (χ3v) is 3.40. The number of carbonyl (C=O) groups is 2. The van der Waals surface area contributed by atoms with Crippen molar-refractivity contribution in [1.29, 1.82) is 0 Å². The van der Waals surface area contributed by atoms with E-state index < -0.39 is 5.97 Å². The highest BCUT2D eigenvalue weighted by molar-refractivity contribution is 6.06. The van der Waals surface area contributed by atoms with E-state index in [0.717, 1.165) is 25.7 Å². The van der Waals surface area contributed by atoms with Crippen LogP contribution in [-0.4, -0.2) is 16.9 Å². The molecule has 0 aliphatic heterocycles. The molecule has 0 saturated heterocycles. The van der Waals surface area contributed by atoms with Crippen molar-refractivity contribution >= 4 is 11.8 Å². The number of carboxylic acid groups (broad SMARTS) is 1. The van der Waals surface area contributed by atoms with Crippen LogP contribution in [0.5, 0.6) is 0 Å². The van der Waals surface area contributed by atoms with E-state index in [4.69, 9.17) is 5.11 Å². The summed E-state index contributed by atoms with van der Waals surface area (Å²) in [5, 5.41) is 9.06. The quantitative estimate of drug-likeness (QED) is 0.814. The average molecular weight is 232 g/mol. The first kappa shape index (κ1) is 11.8. The number of benzene rings is 1. The van der Waals surface area contributed by atoms with Crippen molar-refractivity contribution < 1.29 is 14.7 Å². The summed E-state index contributed by atoms with van der Waals surface area (Å²) < 4.78 is 0. The van der Waals surface area contributed by atoms with Crippen LogP contribution in [0, 0.1) is 5.92 Å². The van der Waals surface area contributed by atoms with E-state index in [1.807, 2.05) is 0 Å². The zero-order valence-corrected chi connectivity index (χ0v) is 9.69. The second kappa shape index (κ2) is 5.13. The van der Waals surface area contributed by atoms with Gasteiger partial charge in [-0.05, 0) is 18.9 Å². The number of aromatic carboxylic acids is 1. The molecule has 0 heterocycles. The van der Waals surface area contributed by atoms with Gasteiger partial charge in [0.1, 0.15) is 0 Å². The Morgan fingerprint density at radius 1 is 1.00 bits per heavy atom. The number of hydrogen-bond donors (Lipinski definition) is 1. The topological polar surface area (TPSA) is 54.4 Å². The molecule has 1 aliphatic rings. The standard InChI is InChI=1S/C14H16O3/c15-13(10-6-2-1-3-7-10)11-8-4-5-9-12(11)14(16)17/h4-5,8-10H,1-3,6-7H2,(H,16,17). The smallest absolute Gasteiger partial charge is 0.336 e. The van der Waals surface area contributed by atoms with Gasteiger partial charge in [-0.15, -0.1) is 0 Å². The maximum Gasteiger partial charge on any atom is 0.336 e. The minimum absolute atomic E-state index is 0.00250. The molecule has 0 amide bonds. The van der Waals surface area contributed by atoms with Gasteiger partial charge in [-0.25, -0.2) is 4.79 Å². The molecule has 1 fully saturated rings. The van der Waals surface area contributed by atoms with Gasteiger partial charge >= 0.3 is 5.97 Å². The van der Waals surface area contributed by atoms with Gasteiger partial charge in [0, 0.05) is 11.5 Å². The summed E-state index contributed by atoms with van der Waals surface area (Å²) in [5.74, 6) is -1.00. The van der Waals surface area contributed by atoms with Crippen LogP contribution in [0.25, 0.3) is 0 Å². The zero-order chi connectivity index (χ0) is 12.3. The van der Waals surface area contributed by atoms with Crippen molar-refractivity contribution in [3.8, 4) is 0 Å². The fraction of sp³-hybridized carbons (Fsp3) is 0.429. The van der Waals surface area contributed by atoms with E-state index in [-0.39, 0.29) is 17.3 Å². The van der Waals surface area contributed by atoms with Crippen LogP contribution in [-0.2, 0) is 0 Å². The summed E-state index contributed by atoms with van der Waals surface area (Å²) >= 11 is 0. The highest BCUT2D eigenvalue weighted by Gasteiger charge is 2.25. The molecule has 1 aliphatic carbocycles. The Hall–Kier alpha value is -1.64. The van der Waals surface area contributed by atoms with Crippen LogP contribution in [0.15, 0.2) is 24.3 Å². The molecule has 0 atom stereocenters. The van der Waals surface area contributed by atoms with Gasteiger partial charge in [-0.2, -0.15) is 0 Å². The predicted octanol–water partition coefficient (Wildman–Crippen LogP) is 3.15. The fourth-order valence-electron chi connectivity index (χ4n) is 2.47. The zero-order valence-electron chi connectivity index (χ0n) is 9.69. The van der Waals surface area contributed by atoms with Gasteiger partial charge < -0.3 is 5.11 Å². The summed E-state index contributed by atoms with van der Waals surface area (Å²) in [5.41, 5.74) is 0.495. The van der Waals surface area contributed by atoms with E-state index in [1.54, 1.807) is 18.2 Å². The summed E-state index contributed by atoms with van der Waals surface area (Å²) in [6, 6.07) is 6.50. The van der Waals surface area contributed by atoms with Gasteiger partial charge in [0.25, 0.3) is 0 Å². The Bertz CT molecular complexity index is 431. The first-order valence-corrected chi connectivity index (χ1v) is 6.06. The molecule has 1 aromatic carbocycles. The number of Topliss-reactive ketones (excluding diaryl/α,β-unsaturated/α-hetero) is 1. The molecule has 1 N–H and O–H groups in total. The predicted molar refractivity (Wildman–Crippen MR) is 64.3 cm³/mol. The summed E-state index contributed by atoms with van der Waals surface area (Å²) in [4.78, 5) is 23.3. The molecule has 0 aromatic heterocycles. The van der Waals surface area contributed by atoms with Crippen LogP contribution < -0.4 is 0 Å². The third-order valence-electron chi connectivity index (χ3n) is 3.40. The highest BCUT2D eigenvalue weighted by atomic mass is 16.4. The van der Waals surface area contributed by atoms with Gasteiger partial charge in [0.05, 0.1) is 5.56 Å². The van der Waals surface area contributed by atoms with Crippen LogP contribution >= 0.6 is 0 Å². The maximum atomic E-state index is 12.3. The third kappa shape index (κ3) is 2.54. The Labute approximate surface area is 100 Å². The molecule has 0 radical (unpaired) electrons. The Kier molecular flexibility index (Phi) is 3.57. The van der Waals surface area contributed by atoms with E-state index in [0.29, 0.717) is 5.56 Å². The van der Waals surface area contributed by atoms with Crippen molar-refractivity contribution in [2.24, 2.45) is 5.92 Å². The average Bonchev–Trinajstić information content (AvgIpc) is 2.39. The fourth-order valence-corrected chi connectivity index (χ4v) is 2.47. The molecule has 0 unspecified atom stereocenters. The van der Waals surface area contributed by atoms with Gasteiger partial charge in [0.2, 0.25) is 0 Å². The molecule has 17 heavy (non-hydrogen) atoms. The largest absolute Gasteiger partial charge is 0.478 e. The van der Waals surface area contributed by atoms with E-state index in [9.17, 15) is 9.59 Å². The van der Waals surface area contributed by atoms with E-state index >= 15 is 0 Å². The molecule has 1 saturated carbocycles. The summed E-state index contributed by atoms with van der Waals surface area (Å²) in [6.45, 7) is 0. The lowest BCUT2D eigenvalue weighted by molar-refractivity contribution is 0.0689. The van der Waals surface area contributed by atoms with Crippen LogP contribution in [0.3, 0.4) is 0 Å². The number of carboxylic acids is 1. The SMILES string of the molecule is O=C(O)c1ccccc1C(=O)C1CCCCC1. The van der Waals surface area contributed by atoms with Crippen molar-refractivity contribution in [3.05, 3.63) is 35.4 Å². The summed E-state index contributed by atoms with van der Waals surface area (Å²) in [7, 11) is 0. The lowest BCUT2D eigenvalue weighted by atomic mass is 9.83. The second-order valence-corrected chi connectivity index (χ2v) is 4.55. The maximum absolute atomic E-state index is 12.3. The molecule has 3 nitrogen and oxygen atoms in total. The second-order valence-electron chi connectivity index (χ2n) is 4.55. The van der Waals surface area contributed by atoms with Gasteiger partial charge in [0.15, 0.2) is 5.78 Å². The van der Waals surface area contributed by atoms with Crippen molar-refractivity contribution in [2.75, 3.05) is 0 Å². The summed E-state index contributed by atoms with van der Waals surface area (Å²) in [6.07, 6.45) is 5.13. The number of rotatable bonds is 3. The van der Waals surface area contributed by atoms with Crippen LogP contribution in [0.2, 0.25) is 0 Å². The normalized spacial score (nSPS) is 16.7. The van der Waals surface area contributed by atoms with Gasteiger partial charge in [-0.3, -0.25) is 4.79 Å². The first-order chi connectivity index (χ1) is 8.20. The van der Waals surface area contributed by atoms with Crippen molar-refractivity contribution in [3.63, 3.8) is 0 Å². The van der Waals surface area contributed by atoms with Crippen molar-refractivity contribution in [2.45, 2.75) is 32.1 Å². The molecule has 0 bridgehead atoms. The van der Waals surface area contributed by atoms with E-state index in [1.165, 1.54) is 12.5 Å². The molecule has 90 valence electrons.